The monoisotopic (exact) mass is 303 g/mol. The predicted molar refractivity (Wildman–Crippen MR) is 77.9 cm³/mol. The van der Waals surface area contributed by atoms with Crippen LogP contribution in [0.2, 0.25) is 0 Å². The van der Waals surface area contributed by atoms with Gasteiger partial charge < -0.3 is 9.84 Å². The molecule has 1 aliphatic heterocycles. The van der Waals surface area contributed by atoms with Crippen molar-refractivity contribution in [3.8, 4) is 0 Å². The molecule has 0 aliphatic carbocycles. The summed E-state index contributed by atoms with van der Waals surface area (Å²) in [6, 6.07) is 7.86. The van der Waals surface area contributed by atoms with Crippen molar-refractivity contribution in [2.24, 2.45) is 0 Å². The average Bonchev–Trinajstić information content (AvgIpc) is 2.78. The minimum atomic E-state index is -1.38. The summed E-state index contributed by atoms with van der Waals surface area (Å²) in [5.74, 6) is 0.578. The van der Waals surface area contributed by atoms with Crippen LogP contribution in [0, 0.1) is 6.92 Å². The summed E-state index contributed by atoms with van der Waals surface area (Å²) in [7, 11) is 0. The van der Waals surface area contributed by atoms with Crippen molar-refractivity contribution in [1.29, 1.82) is 0 Å². The summed E-state index contributed by atoms with van der Waals surface area (Å²) in [4.78, 5) is 23.2. The van der Waals surface area contributed by atoms with Gasteiger partial charge in [0, 0.05) is 12.8 Å². The summed E-state index contributed by atoms with van der Waals surface area (Å²) >= 11 is 0. The van der Waals surface area contributed by atoms with Crippen molar-refractivity contribution in [3.05, 3.63) is 51.7 Å². The topological polar surface area (TPSA) is 86.4 Å². The Morgan fingerprint density at radius 2 is 2.14 bits per heavy atom. The number of carboxylic acid groups (broad SMARTS) is 1. The fourth-order valence-electron chi connectivity index (χ4n) is 2.69. The number of ether oxygens (including phenoxy) is 1. The molecule has 1 aromatic carbocycles. The molecule has 22 heavy (non-hydrogen) atoms. The number of hydrogen-bond acceptors (Lipinski definition) is 4. The van der Waals surface area contributed by atoms with E-state index in [-0.39, 0.29) is 5.69 Å². The number of aryl methyl sites for hydroxylation is 2. The molecule has 1 atom stereocenters. The molecule has 0 saturated heterocycles. The van der Waals surface area contributed by atoms with Crippen LogP contribution in [0.25, 0.3) is 0 Å². The van der Waals surface area contributed by atoms with Gasteiger partial charge in [-0.25, -0.2) is 18.8 Å². The zero-order chi connectivity index (χ0) is 15.7. The average molecular weight is 303 g/mol. The van der Waals surface area contributed by atoms with Crippen molar-refractivity contribution in [2.45, 2.75) is 39.0 Å². The Morgan fingerprint density at radius 1 is 1.41 bits per heavy atom. The molecule has 2 heterocycles. The van der Waals surface area contributed by atoms with Crippen molar-refractivity contribution in [1.82, 2.24) is 14.3 Å². The molecule has 3 rings (SSSR count). The van der Waals surface area contributed by atoms with Gasteiger partial charge in [0.25, 0.3) is 0 Å². The van der Waals surface area contributed by atoms with Crippen LogP contribution < -0.4 is 5.69 Å². The second-order valence-electron chi connectivity index (χ2n) is 5.44. The van der Waals surface area contributed by atoms with E-state index in [1.807, 2.05) is 31.2 Å². The Bertz CT molecular complexity index is 745. The number of aromatic nitrogens is 3. The third-order valence-electron chi connectivity index (χ3n) is 3.77. The van der Waals surface area contributed by atoms with E-state index in [0.717, 1.165) is 17.5 Å². The maximum Gasteiger partial charge on any atom is 0.507 e. The maximum absolute atomic E-state index is 12.5. The Hall–Kier alpha value is -2.57. The predicted octanol–water partition coefficient (Wildman–Crippen LogP) is 1.93. The third kappa shape index (κ3) is 2.74. The van der Waals surface area contributed by atoms with Gasteiger partial charge >= 0.3 is 11.8 Å². The van der Waals surface area contributed by atoms with Crippen LogP contribution in [-0.2, 0) is 17.7 Å². The lowest BCUT2D eigenvalue weighted by atomic mass is 10.1. The van der Waals surface area contributed by atoms with Crippen molar-refractivity contribution >= 4 is 6.16 Å². The SMILES string of the molecule is Cc1ccc(Cn2nc3n(c2=O)C(OC(=O)O)CCC3)cc1. The lowest BCUT2D eigenvalue weighted by Crippen LogP contribution is -2.33. The van der Waals surface area contributed by atoms with E-state index in [2.05, 4.69) is 5.10 Å². The molecule has 7 nitrogen and oxygen atoms in total. The summed E-state index contributed by atoms with van der Waals surface area (Å²) in [5.41, 5.74) is 1.79. The Labute approximate surface area is 126 Å². The summed E-state index contributed by atoms with van der Waals surface area (Å²) in [6.45, 7) is 2.36. The van der Waals surface area contributed by atoms with Gasteiger partial charge in [0.1, 0.15) is 5.82 Å². The largest absolute Gasteiger partial charge is 0.507 e. The smallest absolute Gasteiger partial charge is 0.450 e. The summed E-state index contributed by atoms with van der Waals surface area (Å²) in [6.07, 6.45) is -0.263. The lowest BCUT2D eigenvalue weighted by molar-refractivity contribution is 0.00392. The van der Waals surface area contributed by atoms with Crippen LogP contribution in [0.15, 0.2) is 29.1 Å². The van der Waals surface area contributed by atoms with Gasteiger partial charge in [-0.05, 0) is 18.9 Å². The molecule has 0 fully saturated rings. The Morgan fingerprint density at radius 3 is 2.82 bits per heavy atom. The first kappa shape index (κ1) is 14.4. The van der Waals surface area contributed by atoms with Crippen LogP contribution in [0.5, 0.6) is 0 Å². The first-order chi connectivity index (χ1) is 10.5. The number of carbonyl (C=O) groups is 1. The van der Waals surface area contributed by atoms with Crippen LogP contribution in [0.4, 0.5) is 4.79 Å². The van der Waals surface area contributed by atoms with Gasteiger partial charge in [0.2, 0.25) is 0 Å². The number of nitrogens with zero attached hydrogens (tertiary/aromatic N) is 3. The van der Waals surface area contributed by atoms with E-state index in [1.165, 1.54) is 9.25 Å². The van der Waals surface area contributed by atoms with Crippen LogP contribution in [-0.4, -0.2) is 25.6 Å². The number of rotatable bonds is 3. The molecule has 1 unspecified atom stereocenters. The fourth-order valence-corrected chi connectivity index (χ4v) is 2.69. The highest BCUT2D eigenvalue weighted by atomic mass is 16.7. The number of benzene rings is 1. The molecule has 0 bridgehead atoms. The van der Waals surface area contributed by atoms with Crippen LogP contribution >= 0.6 is 0 Å². The normalized spacial score (nSPS) is 17.0. The van der Waals surface area contributed by atoms with Crippen molar-refractivity contribution in [3.63, 3.8) is 0 Å². The molecular weight excluding hydrogens is 286 g/mol. The van der Waals surface area contributed by atoms with E-state index >= 15 is 0 Å². The Kier molecular flexibility index (Phi) is 3.70. The third-order valence-corrected chi connectivity index (χ3v) is 3.77. The van der Waals surface area contributed by atoms with Gasteiger partial charge in [-0.1, -0.05) is 29.8 Å². The van der Waals surface area contributed by atoms with E-state index in [9.17, 15) is 9.59 Å². The van der Waals surface area contributed by atoms with Crippen LogP contribution in [0.3, 0.4) is 0 Å². The number of hydrogen-bond donors (Lipinski definition) is 1. The van der Waals surface area contributed by atoms with Gasteiger partial charge in [0.05, 0.1) is 6.54 Å². The number of fused-ring (bicyclic) bond motifs is 1. The minimum absolute atomic E-state index is 0.332. The van der Waals surface area contributed by atoms with Gasteiger partial charge in [0.15, 0.2) is 6.23 Å². The summed E-state index contributed by atoms with van der Waals surface area (Å²) < 4.78 is 7.52. The van der Waals surface area contributed by atoms with E-state index in [0.29, 0.717) is 25.2 Å². The molecule has 0 saturated carbocycles. The molecule has 116 valence electrons. The van der Waals surface area contributed by atoms with Crippen molar-refractivity contribution in [2.75, 3.05) is 0 Å². The minimum Gasteiger partial charge on any atom is -0.450 e. The van der Waals surface area contributed by atoms with E-state index in [1.54, 1.807) is 0 Å². The molecule has 7 heteroatoms. The highest BCUT2D eigenvalue weighted by molar-refractivity contribution is 5.56. The second-order valence-corrected chi connectivity index (χ2v) is 5.44. The quantitative estimate of drug-likeness (QED) is 0.876. The molecular formula is C15H17N3O4. The zero-order valence-corrected chi connectivity index (χ0v) is 12.2. The first-order valence-electron chi connectivity index (χ1n) is 7.18. The maximum atomic E-state index is 12.5. The van der Waals surface area contributed by atoms with Crippen LogP contribution in [0.1, 0.15) is 36.0 Å². The first-order valence-corrected chi connectivity index (χ1v) is 7.18. The lowest BCUT2D eigenvalue weighted by Gasteiger charge is -2.21. The molecule has 0 spiro atoms. The van der Waals surface area contributed by atoms with E-state index < -0.39 is 12.4 Å². The second kappa shape index (κ2) is 5.67. The standard InChI is InChI=1S/C15H17N3O4/c1-10-5-7-11(8-6-10)9-17-14(19)18-12(16-17)3-2-4-13(18)22-15(20)21/h5-8,13H,2-4,9H2,1H3,(H,20,21). The molecule has 1 aliphatic rings. The molecule has 0 radical (unpaired) electrons. The highest BCUT2D eigenvalue weighted by Gasteiger charge is 2.27. The highest BCUT2D eigenvalue weighted by Crippen LogP contribution is 2.23. The van der Waals surface area contributed by atoms with E-state index in [4.69, 9.17) is 9.84 Å². The fraction of sp³-hybridized carbons (Fsp3) is 0.400. The zero-order valence-electron chi connectivity index (χ0n) is 12.2. The van der Waals surface area contributed by atoms with Gasteiger partial charge in [-0.3, -0.25) is 0 Å². The molecule has 0 amide bonds. The van der Waals surface area contributed by atoms with Crippen molar-refractivity contribution < 1.29 is 14.6 Å². The van der Waals surface area contributed by atoms with Gasteiger partial charge in [-0.15, -0.1) is 0 Å². The van der Waals surface area contributed by atoms with Gasteiger partial charge in [-0.2, -0.15) is 5.10 Å². The molecule has 1 N–H and O–H groups in total. The Balaban J connectivity index is 1.91. The molecule has 1 aromatic heterocycles. The molecule has 2 aromatic rings. The summed E-state index contributed by atoms with van der Waals surface area (Å²) in [5, 5.41) is 13.1.